The molecule has 1 fully saturated rings. The fourth-order valence-corrected chi connectivity index (χ4v) is 4.63. The summed E-state index contributed by atoms with van der Waals surface area (Å²) in [5, 5.41) is 2.90. The summed E-state index contributed by atoms with van der Waals surface area (Å²) in [6, 6.07) is 6.27. The number of hydrogen-bond donors (Lipinski definition) is 1. The van der Waals surface area contributed by atoms with Gasteiger partial charge in [-0.3, -0.25) is 9.59 Å². The van der Waals surface area contributed by atoms with Gasteiger partial charge in [-0.15, -0.1) is 0 Å². The van der Waals surface area contributed by atoms with Gasteiger partial charge in [0.25, 0.3) is 11.8 Å². The van der Waals surface area contributed by atoms with Gasteiger partial charge in [0.05, 0.1) is 21.6 Å². The van der Waals surface area contributed by atoms with Gasteiger partial charge in [-0.05, 0) is 60.8 Å². The number of aliphatic imine (C=N–C) groups is 1. The number of dihydropyridines is 1. The van der Waals surface area contributed by atoms with Crippen LogP contribution in [0.4, 0.5) is 5.69 Å². The summed E-state index contributed by atoms with van der Waals surface area (Å²) in [5.74, 6) is -0.766. The van der Waals surface area contributed by atoms with Crippen molar-refractivity contribution < 1.29 is 9.59 Å². The van der Waals surface area contributed by atoms with E-state index in [0.717, 1.165) is 15.7 Å². The fraction of sp³-hybridized carbons (Fsp3) is 0.476. The van der Waals surface area contributed by atoms with E-state index in [2.05, 4.69) is 38.2 Å². The Morgan fingerprint density at radius 2 is 2.00 bits per heavy atom. The van der Waals surface area contributed by atoms with Gasteiger partial charge in [-0.1, -0.05) is 24.5 Å². The predicted molar refractivity (Wildman–Crippen MR) is 112 cm³/mol. The molecule has 0 radical (unpaired) electrons. The Hall–Kier alpha value is -1.95. The monoisotopic (exact) mass is 431 g/mol. The van der Waals surface area contributed by atoms with Gasteiger partial charge in [0.15, 0.2) is 0 Å². The minimum Gasteiger partial charge on any atom is -0.371 e. The summed E-state index contributed by atoms with van der Waals surface area (Å²) in [5.41, 5.74) is 3.26. The Morgan fingerprint density at radius 3 is 2.67 bits per heavy atom. The fourth-order valence-electron chi connectivity index (χ4n) is 3.90. The lowest BCUT2D eigenvalue weighted by Crippen LogP contribution is -2.35. The van der Waals surface area contributed by atoms with Crippen LogP contribution in [-0.2, 0) is 4.79 Å². The van der Waals surface area contributed by atoms with Crippen molar-refractivity contribution in [2.45, 2.75) is 45.6 Å². The van der Waals surface area contributed by atoms with Crippen LogP contribution >= 0.6 is 15.9 Å². The average Bonchev–Trinajstić information content (AvgIpc) is 3.15. The van der Waals surface area contributed by atoms with E-state index in [1.54, 1.807) is 13.0 Å². The lowest BCUT2D eigenvalue weighted by atomic mass is 9.95. The molecule has 2 amide bonds. The van der Waals surface area contributed by atoms with Crippen molar-refractivity contribution >= 4 is 39.1 Å². The summed E-state index contributed by atoms with van der Waals surface area (Å²) in [7, 11) is 2.09. The van der Waals surface area contributed by atoms with E-state index in [-0.39, 0.29) is 24.3 Å². The molecule has 5 nitrogen and oxygen atoms in total. The number of benzene rings is 1. The molecule has 6 heteroatoms. The number of hydrogen-bond acceptors (Lipinski definition) is 3. The number of nitrogens with zero attached hydrogens (tertiary/aromatic N) is 2. The van der Waals surface area contributed by atoms with E-state index in [0.29, 0.717) is 17.3 Å². The SMILES string of the molecule is CC1=CC(C)=NC(=O)C1CNC(=O)c1cccc(N(C)C2CCCC2)c1Br. The molecule has 1 atom stereocenters. The number of anilines is 1. The molecule has 1 aromatic rings. The molecule has 1 aliphatic heterocycles. The average molecular weight is 432 g/mol. The van der Waals surface area contributed by atoms with Gasteiger partial charge in [-0.2, -0.15) is 0 Å². The van der Waals surface area contributed by atoms with Crippen molar-refractivity contribution in [2.24, 2.45) is 10.9 Å². The van der Waals surface area contributed by atoms with E-state index in [9.17, 15) is 9.59 Å². The van der Waals surface area contributed by atoms with E-state index < -0.39 is 0 Å². The van der Waals surface area contributed by atoms with E-state index >= 15 is 0 Å². The molecule has 1 aliphatic carbocycles. The van der Waals surface area contributed by atoms with Crippen LogP contribution in [0.1, 0.15) is 49.9 Å². The molecule has 1 N–H and O–H groups in total. The zero-order valence-electron chi connectivity index (χ0n) is 16.1. The van der Waals surface area contributed by atoms with Crippen LogP contribution in [0.15, 0.2) is 39.3 Å². The van der Waals surface area contributed by atoms with Crippen LogP contribution in [-0.4, -0.2) is 37.2 Å². The molecule has 0 aromatic heterocycles. The molecule has 0 saturated heterocycles. The minimum atomic E-state index is -0.388. The first-order valence-corrected chi connectivity index (χ1v) is 10.2. The van der Waals surface area contributed by atoms with E-state index in [4.69, 9.17) is 0 Å². The molecular weight excluding hydrogens is 406 g/mol. The second-order valence-corrected chi connectivity index (χ2v) is 8.22. The van der Waals surface area contributed by atoms with Gasteiger partial charge < -0.3 is 10.2 Å². The normalized spacial score (nSPS) is 20.3. The Labute approximate surface area is 169 Å². The number of nitrogens with one attached hydrogen (secondary N) is 1. The van der Waals surface area contributed by atoms with Crippen LogP contribution in [0.25, 0.3) is 0 Å². The maximum atomic E-state index is 12.8. The van der Waals surface area contributed by atoms with Gasteiger partial charge in [0.2, 0.25) is 0 Å². The molecule has 0 bridgehead atoms. The zero-order chi connectivity index (χ0) is 19.6. The van der Waals surface area contributed by atoms with Gasteiger partial charge >= 0.3 is 0 Å². The van der Waals surface area contributed by atoms with Crippen LogP contribution in [0, 0.1) is 5.92 Å². The van der Waals surface area contributed by atoms with Gasteiger partial charge in [0, 0.05) is 25.3 Å². The Bertz CT molecular complexity index is 810. The number of allylic oxidation sites excluding steroid dienone is 1. The lowest BCUT2D eigenvalue weighted by Gasteiger charge is -2.28. The lowest BCUT2D eigenvalue weighted by molar-refractivity contribution is -0.120. The molecule has 3 rings (SSSR count). The summed E-state index contributed by atoms with van der Waals surface area (Å²) < 4.78 is 0.799. The third-order valence-electron chi connectivity index (χ3n) is 5.51. The van der Waals surface area contributed by atoms with Crippen molar-refractivity contribution in [3.8, 4) is 0 Å². The number of halogens is 1. The van der Waals surface area contributed by atoms with Crippen LogP contribution < -0.4 is 10.2 Å². The van der Waals surface area contributed by atoms with Crippen LogP contribution in [0.5, 0.6) is 0 Å². The van der Waals surface area contributed by atoms with Gasteiger partial charge in [-0.25, -0.2) is 4.99 Å². The van der Waals surface area contributed by atoms with Crippen LogP contribution in [0.3, 0.4) is 0 Å². The summed E-state index contributed by atoms with van der Waals surface area (Å²) >= 11 is 3.62. The van der Waals surface area contributed by atoms with Crippen molar-refractivity contribution in [1.82, 2.24) is 5.32 Å². The Kier molecular flexibility index (Phi) is 6.15. The molecule has 1 unspecified atom stereocenters. The molecular formula is C21H26BrN3O2. The van der Waals surface area contributed by atoms with E-state index in [1.807, 2.05) is 25.1 Å². The molecule has 1 heterocycles. The standard InChI is InChI=1S/C21H26BrN3O2/c1-13-11-14(2)24-21(27)17(13)12-23-20(26)16-9-6-10-18(19(16)22)25(3)15-7-4-5-8-15/h6,9-11,15,17H,4-5,7-8,12H2,1-3H3,(H,23,26). The first-order valence-electron chi connectivity index (χ1n) is 9.45. The van der Waals surface area contributed by atoms with Crippen molar-refractivity contribution in [3.05, 3.63) is 39.9 Å². The molecule has 27 heavy (non-hydrogen) atoms. The number of carbonyl (C=O) groups excluding carboxylic acids is 2. The highest BCUT2D eigenvalue weighted by atomic mass is 79.9. The number of amides is 2. The zero-order valence-corrected chi connectivity index (χ0v) is 17.7. The highest BCUT2D eigenvalue weighted by molar-refractivity contribution is 9.10. The quantitative estimate of drug-likeness (QED) is 0.762. The second-order valence-electron chi connectivity index (χ2n) is 7.43. The van der Waals surface area contributed by atoms with Crippen LogP contribution in [0.2, 0.25) is 0 Å². The first-order chi connectivity index (χ1) is 12.9. The maximum Gasteiger partial charge on any atom is 0.254 e. The molecule has 1 aromatic carbocycles. The van der Waals surface area contributed by atoms with Crippen molar-refractivity contribution in [3.63, 3.8) is 0 Å². The highest BCUT2D eigenvalue weighted by Crippen LogP contribution is 2.34. The van der Waals surface area contributed by atoms with Gasteiger partial charge in [0.1, 0.15) is 0 Å². The third kappa shape index (κ3) is 4.32. The van der Waals surface area contributed by atoms with E-state index in [1.165, 1.54) is 25.7 Å². The second kappa shape index (κ2) is 8.38. The largest absolute Gasteiger partial charge is 0.371 e. The maximum absolute atomic E-state index is 12.8. The summed E-state index contributed by atoms with van der Waals surface area (Å²) in [6.45, 7) is 3.96. The molecule has 144 valence electrons. The third-order valence-corrected chi connectivity index (χ3v) is 6.35. The number of carbonyl (C=O) groups is 2. The number of rotatable bonds is 5. The topological polar surface area (TPSA) is 61.8 Å². The Balaban J connectivity index is 1.71. The highest BCUT2D eigenvalue weighted by Gasteiger charge is 2.26. The smallest absolute Gasteiger partial charge is 0.254 e. The van der Waals surface area contributed by atoms with Crippen molar-refractivity contribution in [2.75, 3.05) is 18.5 Å². The molecule has 2 aliphatic rings. The summed E-state index contributed by atoms with van der Waals surface area (Å²) in [6.07, 6.45) is 6.79. The Morgan fingerprint density at radius 1 is 1.30 bits per heavy atom. The first kappa shape index (κ1) is 19.8. The van der Waals surface area contributed by atoms with Crippen molar-refractivity contribution in [1.29, 1.82) is 0 Å². The predicted octanol–water partition coefficient (Wildman–Crippen LogP) is 4.12. The molecule has 0 spiro atoms. The minimum absolute atomic E-state index is 0.185. The summed E-state index contributed by atoms with van der Waals surface area (Å²) in [4.78, 5) is 31.1. The molecule has 1 saturated carbocycles.